The zero-order chi connectivity index (χ0) is 18.2. The molecule has 2 unspecified atom stereocenters. The molecule has 2 atom stereocenters. The van der Waals surface area contributed by atoms with Crippen molar-refractivity contribution in [3.05, 3.63) is 71.8 Å². The van der Waals surface area contributed by atoms with Gasteiger partial charge in [-0.25, -0.2) is 0 Å². The largest absolute Gasteiger partial charge is 0.379 e. The van der Waals surface area contributed by atoms with Gasteiger partial charge in [0.05, 0.1) is 19.3 Å². The van der Waals surface area contributed by atoms with E-state index in [1.165, 1.54) is 0 Å². The maximum absolute atomic E-state index is 12.6. The Bertz CT molecular complexity index is 672. The number of nitrogens with zero attached hydrogens (tertiary/aromatic N) is 1. The van der Waals surface area contributed by atoms with Crippen LogP contribution in [0.25, 0.3) is 0 Å². The van der Waals surface area contributed by atoms with E-state index in [2.05, 4.69) is 22.3 Å². The van der Waals surface area contributed by atoms with Gasteiger partial charge in [-0.2, -0.15) is 0 Å². The predicted molar refractivity (Wildman–Crippen MR) is 103 cm³/mol. The van der Waals surface area contributed by atoms with Crippen molar-refractivity contribution in [1.82, 2.24) is 10.2 Å². The van der Waals surface area contributed by atoms with Crippen LogP contribution in [0.4, 0.5) is 0 Å². The van der Waals surface area contributed by atoms with Crippen LogP contribution < -0.4 is 11.1 Å². The summed E-state index contributed by atoms with van der Waals surface area (Å²) < 4.78 is 5.42. The van der Waals surface area contributed by atoms with E-state index in [-0.39, 0.29) is 24.4 Å². The lowest BCUT2D eigenvalue weighted by molar-refractivity contribution is -0.122. The highest BCUT2D eigenvalue weighted by Crippen LogP contribution is 2.18. The molecule has 1 saturated heterocycles. The molecule has 0 saturated carbocycles. The van der Waals surface area contributed by atoms with Crippen LogP contribution in [0.15, 0.2) is 60.7 Å². The summed E-state index contributed by atoms with van der Waals surface area (Å²) in [6.45, 7) is 4.05. The lowest BCUT2D eigenvalue weighted by Crippen LogP contribution is -2.43. The number of ether oxygens (including phenoxy) is 1. The molecule has 26 heavy (non-hydrogen) atoms. The van der Waals surface area contributed by atoms with Crippen molar-refractivity contribution in [2.75, 3.05) is 32.8 Å². The minimum absolute atomic E-state index is 0.0246. The van der Waals surface area contributed by atoms with Crippen molar-refractivity contribution in [2.24, 2.45) is 5.73 Å². The van der Waals surface area contributed by atoms with Gasteiger partial charge in [0.2, 0.25) is 5.91 Å². The molecule has 1 aliphatic heterocycles. The lowest BCUT2D eigenvalue weighted by atomic mass is 10.0. The van der Waals surface area contributed by atoms with Crippen molar-refractivity contribution >= 4 is 5.91 Å². The summed E-state index contributed by atoms with van der Waals surface area (Å²) >= 11 is 0. The Morgan fingerprint density at radius 1 is 1.00 bits per heavy atom. The van der Waals surface area contributed by atoms with Crippen LogP contribution >= 0.6 is 0 Å². The smallest absolute Gasteiger partial charge is 0.222 e. The molecule has 5 nitrogen and oxygen atoms in total. The second-order valence-corrected chi connectivity index (χ2v) is 6.67. The first-order valence-electron chi connectivity index (χ1n) is 9.17. The van der Waals surface area contributed by atoms with Gasteiger partial charge in [0.25, 0.3) is 0 Å². The maximum atomic E-state index is 12.6. The Labute approximate surface area is 155 Å². The normalized spacial score (nSPS) is 17.4. The summed E-state index contributed by atoms with van der Waals surface area (Å²) in [4.78, 5) is 14.9. The number of hydrogen-bond acceptors (Lipinski definition) is 4. The van der Waals surface area contributed by atoms with Crippen LogP contribution in [0.5, 0.6) is 0 Å². The Morgan fingerprint density at radius 3 is 2.19 bits per heavy atom. The third kappa shape index (κ3) is 5.39. The predicted octanol–water partition coefficient (Wildman–Crippen LogP) is 2.27. The van der Waals surface area contributed by atoms with Crippen molar-refractivity contribution in [3.8, 4) is 0 Å². The molecule has 0 aromatic heterocycles. The van der Waals surface area contributed by atoms with Gasteiger partial charge in [-0.05, 0) is 11.1 Å². The number of rotatable bonds is 7. The maximum Gasteiger partial charge on any atom is 0.222 e. The molecule has 2 aromatic carbocycles. The Morgan fingerprint density at radius 2 is 1.58 bits per heavy atom. The van der Waals surface area contributed by atoms with Crippen molar-refractivity contribution < 1.29 is 9.53 Å². The first-order valence-corrected chi connectivity index (χ1v) is 9.17. The number of benzene rings is 2. The zero-order valence-electron chi connectivity index (χ0n) is 15.0. The van der Waals surface area contributed by atoms with E-state index in [1.807, 2.05) is 48.5 Å². The van der Waals surface area contributed by atoms with E-state index in [0.29, 0.717) is 0 Å². The first-order chi connectivity index (χ1) is 12.7. The number of nitrogens with two attached hydrogens (primary N) is 1. The molecule has 0 aliphatic carbocycles. The average molecular weight is 353 g/mol. The van der Waals surface area contributed by atoms with E-state index in [4.69, 9.17) is 10.5 Å². The summed E-state index contributed by atoms with van der Waals surface area (Å²) in [5.41, 5.74) is 8.30. The highest BCUT2D eigenvalue weighted by atomic mass is 16.5. The van der Waals surface area contributed by atoms with Gasteiger partial charge in [-0.15, -0.1) is 0 Å². The molecule has 2 aromatic rings. The molecular weight excluding hydrogens is 326 g/mol. The van der Waals surface area contributed by atoms with Crippen LogP contribution in [0.1, 0.15) is 29.6 Å². The second kappa shape index (κ2) is 9.48. The zero-order valence-corrected chi connectivity index (χ0v) is 15.0. The van der Waals surface area contributed by atoms with Gasteiger partial charge in [-0.3, -0.25) is 9.69 Å². The molecule has 1 fully saturated rings. The quantitative estimate of drug-likeness (QED) is 0.801. The van der Waals surface area contributed by atoms with E-state index < -0.39 is 0 Å². The summed E-state index contributed by atoms with van der Waals surface area (Å²) in [7, 11) is 0. The van der Waals surface area contributed by atoms with Crippen molar-refractivity contribution in [2.45, 2.75) is 18.5 Å². The van der Waals surface area contributed by atoms with Crippen LogP contribution in [0.3, 0.4) is 0 Å². The van der Waals surface area contributed by atoms with E-state index >= 15 is 0 Å². The van der Waals surface area contributed by atoms with Crippen LogP contribution in [-0.4, -0.2) is 43.7 Å². The standard InChI is InChI=1S/C21H27N3O2/c22-19(17-7-3-1-4-8-17)15-21(25)23-20(18-9-5-2-6-10-18)16-24-11-13-26-14-12-24/h1-10,19-20H,11-16,22H2,(H,23,25). The van der Waals surface area contributed by atoms with Crippen LogP contribution in [0.2, 0.25) is 0 Å². The van der Waals surface area contributed by atoms with E-state index in [0.717, 1.165) is 44.0 Å². The van der Waals surface area contributed by atoms with Gasteiger partial charge in [0.1, 0.15) is 0 Å². The summed E-state index contributed by atoms with van der Waals surface area (Å²) in [5.74, 6) is -0.0246. The van der Waals surface area contributed by atoms with Crippen molar-refractivity contribution in [3.63, 3.8) is 0 Å². The molecule has 1 aliphatic rings. The van der Waals surface area contributed by atoms with Crippen LogP contribution in [0, 0.1) is 0 Å². The highest BCUT2D eigenvalue weighted by molar-refractivity contribution is 5.77. The SMILES string of the molecule is NC(CC(=O)NC(CN1CCOCC1)c1ccccc1)c1ccccc1. The molecule has 1 amide bonds. The number of hydrogen-bond donors (Lipinski definition) is 2. The number of carbonyl (C=O) groups excluding carboxylic acids is 1. The molecule has 0 bridgehead atoms. The first kappa shape index (κ1) is 18.6. The molecule has 0 radical (unpaired) electrons. The van der Waals surface area contributed by atoms with Gasteiger partial charge < -0.3 is 15.8 Å². The monoisotopic (exact) mass is 353 g/mol. The lowest BCUT2D eigenvalue weighted by Gasteiger charge is -2.31. The summed E-state index contributed by atoms with van der Waals surface area (Å²) in [5, 5.41) is 3.18. The second-order valence-electron chi connectivity index (χ2n) is 6.67. The molecule has 0 spiro atoms. The molecule has 3 N–H and O–H groups in total. The number of carbonyl (C=O) groups is 1. The minimum Gasteiger partial charge on any atom is -0.379 e. The third-order valence-corrected chi connectivity index (χ3v) is 4.71. The topological polar surface area (TPSA) is 67.6 Å². The summed E-state index contributed by atoms with van der Waals surface area (Å²) in [6.07, 6.45) is 0.274. The number of nitrogens with one attached hydrogen (secondary N) is 1. The van der Waals surface area contributed by atoms with Gasteiger partial charge in [0.15, 0.2) is 0 Å². The Balaban J connectivity index is 1.63. The fraction of sp³-hybridized carbons (Fsp3) is 0.381. The minimum atomic E-state index is -0.295. The van der Waals surface area contributed by atoms with E-state index in [1.54, 1.807) is 0 Å². The number of morpholine rings is 1. The van der Waals surface area contributed by atoms with Crippen LogP contribution in [-0.2, 0) is 9.53 Å². The molecule has 138 valence electrons. The van der Waals surface area contributed by atoms with Gasteiger partial charge in [0, 0.05) is 32.1 Å². The number of amides is 1. The van der Waals surface area contributed by atoms with Gasteiger partial charge >= 0.3 is 0 Å². The Hall–Kier alpha value is -2.21. The fourth-order valence-corrected chi connectivity index (χ4v) is 3.23. The summed E-state index contributed by atoms with van der Waals surface area (Å²) in [6, 6.07) is 19.5. The highest BCUT2D eigenvalue weighted by Gasteiger charge is 2.21. The fourth-order valence-electron chi connectivity index (χ4n) is 3.23. The molecular formula is C21H27N3O2. The third-order valence-electron chi connectivity index (χ3n) is 4.71. The van der Waals surface area contributed by atoms with E-state index in [9.17, 15) is 4.79 Å². The molecule has 3 rings (SSSR count). The van der Waals surface area contributed by atoms with Crippen molar-refractivity contribution in [1.29, 1.82) is 0 Å². The molecule has 1 heterocycles. The molecule has 5 heteroatoms. The average Bonchev–Trinajstić information content (AvgIpc) is 2.69. The Kier molecular flexibility index (Phi) is 6.77. The van der Waals surface area contributed by atoms with Gasteiger partial charge in [-0.1, -0.05) is 60.7 Å².